The Hall–Kier alpha value is -1.08. The van der Waals surface area contributed by atoms with Gasteiger partial charge in [0, 0.05) is 30.4 Å². The van der Waals surface area contributed by atoms with Gasteiger partial charge in [-0.2, -0.15) is 4.31 Å². The van der Waals surface area contributed by atoms with Gasteiger partial charge in [0.2, 0.25) is 10.0 Å². The maximum Gasteiger partial charge on any atom is 0.255 e. The summed E-state index contributed by atoms with van der Waals surface area (Å²) in [5.41, 5.74) is -1.09. The third kappa shape index (κ3) is 6.28. The van der Waals surface area contributed by atoms with Crippen molar-refractivity contribution >= 4 is 68.1 Å². The molecule has 176 valence electrons. The van der Waals surface area contributed by atoms with Crippen molar-refractivity contribution < 1.29 is 27.1 Å². The number of carbonyl (C=O) groups excluding carboxylic acids is 1. The molecule has 0 unspecified atom stereocenters. The van der Waals surface area contributed by atoms with Crippen molar-refractivity contribution in [2.24, 2.45) is 0 Å². The minimum absolute atomic E-state index is 0.0529. The Morgan fingerprint density at radius 1 is 1.12 bits per heavy atom. The number of halogens is 4. The van der Waals surface area contributed by atoms with Crippen molar-refractivity contribution in [1.29, 1.82) is 0 Å². The van der Waals surface area contributed by atoms with E-state index in [1.807, 2.05) is 0 Å². The van der Waals surface area contributed by atoms with E-state index in [2.05, 4.69) is 28.6 Å². The van der Waals surface area contributed by atoms with Crippen molar-refractivity contribution in [1.82, 2.24) is 4.31 Å². The van der Waals surface area contributed by atoms with Gasteiger partial charge in [-0.3, -0.25) is 4.79 Å². The van der Waals surface area contributed by atoms with Gasteiger partial charge in [-0.25, -0.2) is 17.2 Å². The topological polar surface area (TPSA) is 86.7 Å². The fraction of sp³-hybridized carbons (Fsp3) is 0.316. The number of piperidine rings is 1. The minimum atomic E-state index is -4.01. The van der Waals surface area contributed by atoms with Crippen LogP contribution in [0.1, 0.15) is 30.1 Å². The number of benzene rings is 2. The summed E-state index contributed by atoms with van der Waals surface area (Å²) in [4.78, 5) is 12.3. The lowest BCUT2D eigenvalue weighted by atomic mass is 9.95. The van der Waals surface area contributed by atoms with Gasteiger partial charge in [-0.15, -0.1) is 23.3 Å². The fourth-order valence-electron chi connectivity index (χ4n) is 3.02. The van der Waals surface area contributed by atoms with Crippen LogP contribution in [0, 0.1) is 11.6 Å². The second-order valence-corrected chi connectivity index (χ2v) is 9.97. The van der Waals surface area contributed by atoms with E-state index < -0.39 is 38.2 Å². The van der Waals surface area contributed by atoms with E-state index in [1.165, 1.54) is 16.4 Å². The Bertz CT molecular complexity index is 1080. The Morgan fingerprint density at radius 2 is 1.72 bits per heavy atom. The summed E-state index contributed by atoms with van der Waals surface area (Å²) >= 11 is 18.1. The van der Waals surface area contributed by atoms with Crippen molar-refractivity contribution in [2.75, 3.05) is 18.4 Å². The first-order valence-corrected chi connectivity index (χ1v) is 12.9. The van der Waals surface area contributed by atoms with E-state index in [4.69, 9.17) is 23.2 Å². The Kier molecular flexibility index (Phi) is 9.25. The molecular weight excluding hydrogens is 525 g/mol. The first kappa shape index (κ1) is 27.2. The summed E-state index contributed by atoms with van der Waals surface area (Å²) < 4.78 is 54.0. The number of sulfonamides is 1. The standard InChI is InChI=1S/C19H18Cl2F2N2O4S.H2S2/c1-19(27)4-6-25(7-5-19)30(28,29)16-8-11(2-3-13(16)20)18(26)24-12-9-14(21)17(23)15(22)10-12;1-2/h2-3,8-10,27H,4-7H2,1H3,(H,24,26);1-2H. The number of hydrogen-bond donors (Lipinski definition) is 4. The molecule has 0 atom stereocenters. The summed E-state index contributed by atoms with van der Waals surface area (Å²) in [6, 6.07) is 5.47. The van der Waals surface area contributed by atoms with Crippen LogP contribution in [0.25, 0.3) is 0 Å². The lowest BCUT2D eigenvalue weighted by Crippen LogP contribution is -2.45. The number of hydrogen-bond acceptors (Lipinski definition) is 6. The first-order valence-electron chi connectivity index (χ1n) is 9.09. The molecule has 2 N–H and O–H groups in total. The molecule has 1 aliphatic heterocycles. The van der Waals surface area contributed by atoms with Crippen LogP contribution in [0.15, 0.2) is 35.2 Å². The van der Waals surface area contributed by atoms with E-state index in [-0.39, 0.29) is 47.1 Å². The largest absolute Gasteiger partial charge is 0.390 e. The maximum absolute atomic E-state index is 13.5. The molecule has 1 saturated heterocycles. The zero-order valence-corrected chi connectivity index (χ0v) is 20.8. The Balaban J connectivity index is 0.00000176. The van der Waals surface area contributed by atoms with Crippen LogP contribution in [-0.2, 0) is 10.0 Å². The van der Waals surface area contributed by atoms with Crippen LogP contribution in [0.3, 0.4) is 0 Å². The molecule has 2 aromatic rings. The van der Waals surface area contributed by atoms with Crippen LogP contribution < -0.4 is 5.32 Å². The van der Waals surface area contributed by atoms with Gasteiger partial charge in [-0.05, 0) is 44.0 Å². The summed E-state index contributed by atoms with van der Waals surface area (Å²) in [6.45, 7) is 1.85. The summed E-state index contributed by atoms with van der Waals surface area (Å²) in [5, 5.41) is 11.8. The Labute approximate surface area is 205 Å². The van der Waals surface area contributed by atoms with Gasteiger partial charge in [-0.1, -0.05) is 23.2 Å². The Morgan fingerprint density at radius 3 is 2.28 bits per heavy atom. The molecule has 0 radical (unpaired) electrons. The highest BCUT2D eigenvalue weighted by Gasteiger charge is 2.35. The SMILES string of the molecule is CC1(O)CCN(S(=O)(=O)c2cc(C(=O)Nc3cc(F)c(F)c(Cl)c3)ccc2Cl)CC1.SS. The van der Waals surface area contributed by atoms with E-state index in [0.717, 1.165) is 18.2 Å². The third-order valence-corrected chi connectivity index (χ3v) is 7.51. The molecule has 0 aliphatic carbocycles. The number of amides is 1. The van der Waals surface area contributed by atoms with Crippen LogP contribution >= 0.6 is 46.5 Å². The number of thiol groups is 2. The van der Waals surface area contributed by atoms with Crippen molar-refractivity contribution in [3.63, 3.8) is 0 Å². The van der Waals surface area contributed by atoms with Gasteiger partial charge >= 0.3 is 0 Å². The molecule has 6 nitrogen and oxygen atoms in total. The summed E-state index contributed by atoms with van der Waals surface area (Å²) in [5.74, 6) is -3.24. The summed E-state index contributed by atoms with van der Waals surface area (Å²) in [6.07, 6.45) is 0.530. The third-order valence-electron chi connectivity index (χ3n) is 4.85. The number of anilines is 1. The first-order chi connectivity index (χ1) is 14.9. The predicted molar refractivity (Wildman–Crippen MR) is 127 cm³/mol. The van der Waals surface area contributed by atoms with E-state index in [9.17, 15) is 27.1 Å². The molecule has 1 amide bonds. The van der Waals surface area contributed by atoms with Crippen LogP contribution in [0.4, 0.5) is 14.5 Å². The van der Waals surface area contributed by atoms with Crippen molar-refractivity contribution in [3.8, 4) is 0 Å². The second kappa shape index (κ2) is 10.9. The lowest BCUT2D eigenvalue weighted by molar-refractivity contribution is 0.0126. The van der Waals surface area contributed by atoms with Crippen LogP contribution in [0.5, 0.6) is 0 Å². The highest BCUT2D eigenvalue weighted by atomic mass is 35.5. The summed E-state index contributed by atoms with van der Waals surface area (Å²) in [7, 11) is -4.01. The quantitative estimate of drug-likeness (QED) is 0.252. The van der Waals surface area contributed by atoms with E-state index >= 15 is 0 Å². The highest BCUT2D eigenvalue weighted by molar-refractivity contribution is 8.59. The van der Waals surface area contributed by atoms with Crippen molar-refractivity contribution in [2.45, 2.75) is 30.3 Å². The number of rotatable bonds is 4. The molecule has 2 aromatic carbocycles. The number of nitrogens with one attached hydrogen (secondary N) is 1. The molecule has 1 aliphatic rings. The van der Waals surface area contributed by atoms with Gasteiger partial charge < -0.3 is 10.4 Å². The van der Waals surface area contributed by atoms with Crippen molar-refractivity contribution in [3.05, 3.63) is 57.6 Å². The highest BCUT2D eigenvalue weighted by Crippen LogP contribution is 2.31. The molecule has 1 fully saturated rings. The van der Waals surface area contributed by atoms with Gasteiger partial charge in [0.25, 0.3) is 5.91 Å². The average Bonchev–Trinajstić information content (AvgIpc) is 2.73. The molecular formula is C19H20Cl2F2N2O4S3. The van der Waals surface area contributed by atoms with Gasteiger partial charge in [0.1, 0.15) is 4.90 Å². The smallest absolute Gasteiger partial charge is 0.255 e. The monoisotopic (exact) mass is 544 g/mol. The number of aliphatic hydroxyl groups is 1. The predicted octanol–water partition coefficient (Wildman–Crippen LogP) is 4.82. The van der Waals surface area contributed by atoms with Gasteiger partial charge in [0.05, 0.1) is 15.6 Å². The second-order valence-electron chi connectivity index (χ2n) is 7.25. The molecule has 1 heterocycles. The molecule has 0 aromatic heterocycles. The zero-order valence-electron chi connectivity index (χ0n) is 16.6. The normalized spacial score (nSPS) is 16.1. The van der Waals surface area contributed by atoms with Crippen LogP contribution in [0.2, 0.25) is 10.0 Å². The zero-order chi connectivity index (χ0) is 24.3. The molecule has 13 heteroatoms. The number of nitrogens with zero attached hydrogens (tertiary/aromatic N) is 1. The minimum Gasteiger partial charge on any atom is -0.390 e. The van der Waals surface area contributed by atoms with E-state index in [0.29, 0.717) is 0 Å². The maximum atomic E-state index is 13.5. The van der Waals surface area contributed by atoms with E-state index in [1.54, 1.807) is 6.92 Å². The molecule has 0 saturated carbocycles. The molecule has 3 rings (SSSR count). The molecule has 0 bridgehead atoms. The average molecular weight is 545 g/mol. The lowest BCUT2D eigenvalue weighted by Gasteiger charge is -2.35. The van der Waals surface area contributed by atoms with Gasteiger partial charge in [0.15, 0.2) is 11.6 Å². The molecule has 0 spiro atoms. The molecule has 32 heavy (non-hydrogen) atoms. The number of carbonyl (C=O) groups is 1. The fourth-order valence-corrected chi connectivity index (χ4v) is 5.17. The van der Waals surface area contributed by atoms with Crippen LogP contribution in [-0.4, -0.2) is 42.4 Å².